The number of hydrogen-bond acceptors (Lipinski definition) is 4. The third kappa shape index (κ3) is 4.42. The van der Waals surface area contributed by atoms with Gasteiger partial charge in [0.05, 0.1) is 16.4 Å². The predicted molar refractivity (Wildman–Crippen MR) is 136 cm³/mol. The fourth-order valence-electron chi connectivity index (χ4n) is 3.67. The molecule has 0 radical (unpaired) electrons. The third-order valence-corrected chi connectivity index (χ3v) is 6.20. The minimum atomic E-state index is -0.110. The highest BCUT2D eigenvalue weighted by atomic mass is 79.9. The smallest absolute Gasteiger partial charge is 0.251 e. The summed E-state index contributed by atoms with van der Waals surface area (Å²) in [6, 6.07) is 23.2. The molecule has 6 nitrogen and oxygen atoms in total. The summed E-state index contributed by atoms with van der Waals surface area (Å²) in [5, 5.41) is 13.5. The molecule has 5 rings (SSSR count). The van der Waals surface area contributed by atoms with Crippen LogP contribution in [0.15, 0.2) is 83.5 Å². The number of halogens is 2. The number of aromatic nitrogens is 3. The number of carbonyl (C=O) groups is 1. The summed E-state index contributed by atoms with van der Waals surface area (Å²) in [6.45, 7) is 0.956. The molecule has 0 aliphatic rings. The summed E-state index contributed by atoms with van der Waals surface area (Å²) in [5.41, 5.74) is 2.88. The van der Waals surface area contributed by atoms with Crippen molar-refractivity contribution in [2.45, 2.75) is 0 Å². The van der Waals surface area contributed by atoms with E-state index < -0.39 is 0 Å². The highest BCUT2D eigenvalue weighted by Gasteiger charge is 2.13. The Morgan fingerprint density at radius 2 is 1.76 bits per heavy atom. The molecule has 0 bridgehead atoms. The molecule has 2 aromatic heterocycles. The Labute approximate surface area is 203 Å². The van der Waals surface area contributed by atoms with Crippen molar-refractivity contribution >= 4 is 55.7 Å². The lowest BCUT2D eigenvalue weighted by Crippen LogP contribution is -2.29. The van der Waals surface area contributed by atoms with Gasteiger partial charge in [0.25, 0.3) is 5.91 Å². The highest BCUT2D eigenvalue weighted by Crippen LogP contribution is 2.30. The number of nitrogens with one attached hydrogen (secondary N) is 2. The molecule has 8 heteroatoms. The molecule has 0 atom stereocenters. The van der Waals surface area contributed by atoms with Gasteiger partial charge >= 0.3 is 0 Å². The molecule has 3 aromatic carbocycles. The summed E-state index contributed by atoms with van der Waals surface area (Å²) in [7, 11) is 0. The first kappa shape index (κ1) is 21.4. The van der Waals surface area contributed by atoms with Crippen molar-refractivity contribution in [2.24, 2.45) is 0 Å². The van der Waals surface area contributed by atoms with Gasteiger partial charge in [-0.25, -0.2) is 4.98 Å². The number of rotatable bonds is 6. The number of carbonyl (C=O) groups excluding carboxylic acids is 1. The van der Waals surface area contributed by atoms with Crippen molar-refractivity contribution in [3.8, 4) is 11.3 Å². The number of benzene rings is 3. The van der Waals surface area contributed by atoms with Crippen LogP contribution in [0.3, 0.4) is 0 Å². The molecule has 0 saturated carbocycles. The van der Waals surface area contributed by atoms with Crippen LogP contribution in [0.4, 0.5) is 5.82 Å². The Balaban J connectivity index is 1.31. The molecule has 164 valence electrons. The van der Waals surface area contributed by atoms with E-state index in [1.165, 1.54) is 0 Å². The number of nitrogens with zero attached hydrogens (tertiary/aromatic N) is 3. The van der Waals surface area contributed by atoms with E-state index in [1.54, 1.807) is 10.7 Å². The molecular weight excluding hydrogens is 502 g/mol. The second-order valence-electron chi connectivity index (χ2n) is 7.48. The van der Waals surface area contributed by atoms with Gasteiger partial charge in [-0.3, -0.25) is 4.79 Å². The Morgan fingerprint density at radius 3 is 2.61 bits per heavy atom. The van der Waals surface area contributed by atoms with E-state index >= 15 is 0 Å². The van der Waals surface area contributed by atoms with E-state index in [0.29, 0.717) is 29.3 Å². The molecule has 0 unspecified atom stereocenters. The van der Waals surface area contributed by atoms with Gasteiger partial charge < -0.3 is 10.6 Å². The van der Waals surface area contributed by atoms with Gasteiger partial charge in [0.2, 0.25) is 0 Å². The van der Waals surface area contributed by atoms with Crippen LogP contribution in [0.1, 0.15) is 10.4 Å². The van der Waals surface area contributed by atoms with Crippen LogP contribution >= 0.6 is 27.5 Å². The third-order valence-electron chi connectivity index (χ3n) is 5.31. The molecule has 5 aromatic rings. The van der Waals surface area contributed by atoms with Gasteiger partial charge in [0.1, 0.15) is 5.82 Å². The number of hydrogen-bond donors (Lipinski definition) is 2. The van der Waals surface area contributed by atoms with Crippen LogP contribution in [0.2, 0.25) is 5.02 Å². The lowest BCUT2D eigenvalue weighted by molar-refractivity contribution is 0.0955. The minimum absolute atomic E-state index is 0.110. The number of fused-ring (bicyclic) bond motifs is 2. The molecular formula is C25H19BrClN5O. The first-order valence-corrected chi connectivity index (χ1v) is 11.6. The van der Waals surface area contributed by atoms with Gasteiger partial charge in [0.15, 0.2) is 5.65 Å². The molecule has 0 saturated heterocycles. The molecule has 2 heterocycles. The van der Waals surface area contributed by atoms with Crippen LogP contribution in [0, 0.1) is 0 Å². The zero-order chi connectivity index (χ0) is 22.8. The second-order valence-corrected chi connectivity index (χ2v) is 8.74. The fraction of sp³-hybridized carbons (Fsp3) is 0.0800. The van der Waals surface area contributed by atoms with E-state index in [4.69, 9.17) is 16.6 Å². The molecule has 1 amide bonds. The van der Waals surface area contributed by atoms with Gasteiger partial charge in [-0.05, 0) is 44.9 Å². The fourth-order valence-corrected chi connectivity index (χ4v) is 4.25. The SMILES string of the molecule is O=C(NCCNc1cc(-c2ccccc2Cl)nc2c(Br)cnn12)c1ccc2ccccc2c1. The molecule has 33 heavy (non-hydrogen) atoms. The van der Waals surface area contributed by atoms with Crippen LogP contribution in [0.25, 0.3) is 27.7 Å². The van der Waals surface area contributed by atoms with Crippen LogP contribution in [-0.4, -0.2) is 33.6 Å². The van der Waals surface area contributed by atoms with Gasteiger partial charge in [0, 0.05) is 35.3 Å². The summed E-state index contributed by atoms with van der Waals surface area (Å²) in [4.78, 5) is 17.3. The van der Waals surface area contributed by atoms with Crippen molar-refractivity contribution in [1.82, 2.24) is 19.9 Å². The maximum Gasteiger partial charge on any atom is 0.251 e. The molecule has 0 aliphatic heterocycles. The summed E-state index contributed by atoms with van der Waals surface area (Å²) in [5.74, 6) is 0.640. The normalized spacial score (nSPS) is 11.1. The zero-order valence-corrected chi connectivity index (χ0v) is 19.8. The predicted octanol–water partition coefficient (Wildman–Crippen LogP) is 5.81. The van der Waals surface area contributed by atoms with E-state index in [2.05, 4.69) is 31.7 Å². The average Bonchev–Trinajstić information content (AvgIpc) is 3.22. The summed E-state index contributed by atoms with van der Waals surface area (Å²) < 4.78 is 2.50. The van der Waals surface area contributed by atoms with Crippen LogP contribution < -0.4 is 10.6 Å². The van der Waals surface area contributed by atoms with E-state index in [1.807, 2.05) is 72.8 Å². The van der Waals surface area contributed by atoms with E-state index in [9.17, 15) is 4.79 Å². The van der Waals surface area contributed by atoms with Crippen molar-refractivity contribution in [2.75, 3.05) is 18.4 Å². The van der Waals surface area contributed by atoms with Crippen LogP contribution in [-0.2, 0) is 0 Å². The topological polar surface area (TPSA) is 71.3 Å². The first-order chi connectivity index (χ1) is 16.1. The van der Waals surface area contributed by atoms with Crippen molar-refractivity contribution in [1.29, 1.82) is 0 Å². The highest BCUT2D eigenvalue weighted by molar-refractivity contribution is 9.10. The minimum Gasteiger partial charge on any atom is -0.368 e. The molecule has 0 fully saturated rings. The largest absolute Gasteiger partial charge is 0.368 e. The summed E-state index contributed by atoms with van der Waals surface area (Å²) >= 11 is 9.90. The Morgan fingerprint density at radius 1 is 0.970 bits per heavy atom. The number of amides is 1. The van der Waals surface area contributed by atoms with Gasteiger partial charge in [-0.15, -0.1) is 0 Å². The van der Waals surface area contributed by atoms with Crippen LogP contribution in [0.5, 0.6) is 0 Å². The van der Waals surface area contributed by atoms with E-state index in [-0.39, 0.29) is 5.91 Å². The van der Waals surface area contributed by atoms with Gasteiger partial charge in [-0.1, -0.05) is 60.1 Å². The zero-order valence-electron chi connectivity index (χ0n) is 17.4. The van der Waals surface area contributed by atoms with Crippen molar-refractivity contribution in [3.63, 3.8) is 0 Å². The Kier molecular flexibility index (Phi) is 5.98. The average molecular weight is 521 g/mol. The molecule has 0 spiro atoms. The second kappa shape index (κ2) is 9.21. The van der Waals surface area contributed by atoms with Gasteiger partial charge in [-0.2, -0.15) is 9.61 Å². The first-order valence-electron chi connectivity index (χ1n) is 10.4. The standard InChI is InChI=1S/C25H19BrClN5O/c26-20-15-30-32-23(14-22(31-24(20)32)19-7-3-4-8-21(19)27)28-11-12-29-25(33)18-10-9-16-5-1-2-6-17(16)13-18/h1-10,13-15,28H,11-12H2,(H,29,33). The van der Waals surface area contributed by atoms with E-state index in [0.717, 1.165) is 32.3 Å². The lowest BCUT2D eigenvalue weighted by Gasteiger charge is -2.12. The number of anilines is 1. The Bertz CT molecular complexity index is 1480. The molecule has 0 aliphatic carbocycles. The monoisotopic (exact) mass is 519 g/mol. The summed E-state index contributed by atoms with van der Waals surface area (Å²) in [6.07, 6.45) is 1.70. The molecule has 2 N–H and O–H groups in total. The van der Waals surface area contributed by atoms with Crippen molar-refractivity contribution in [3.05, 3.63) is 94.1 Å². The maximum absolute atomic E-state index is 12.6. The Hall–Kier alpha value is -3.42. The lowest BCUT2D eigenvalue weighted by atomic mass is 10.1. The quantitative estimate of drug-likeness (QED) is 0.277. The maximum atomic E-state index is 12.6. The van der Waals surface area contributed by atoms with Crippen molar-refractivity contribution < 1.29 is 4.79 Å².